The maximum atomic E-state index is 13.8. The van der Waals surface area contributed by atoms with Gasteiger partial charge in [0.05, 0.1) is 27.4 Å². The number of halogens is 1. The van der Waals surface area contributed by atoms with Crippen LogP contribution in [0.3, 0.4) is 0 Å². The molecule has 28 heavy (non-hydrogen) atoms. The third kappa shape index (κ3) is 4.48. The van der Waals surface area contributed by atoms with Gasteiger partial charge in [0.15, 0.2) is 5.16 Å². The zero-order valence-corrected chi connectivity index (χ0v) is 16.2. The molecule has 0 radical (unpaired) electrons. The lowest BCUT2D eigenvalue weighted by Crippen LogP contribution is -2.16. The Morgan fingerprint density at radius 2 is 2.07 bits per heavy atom. The number of anilines is 1. The molecule has 0 unspecified atom stereocenters. The fraction of sp³-hybridized carbons (Fsp3) is 0.263. The average Bonchev–Trinajstić information content (AvgIpc) is 2.99. The van der Waals surface area contributed by atoms with Crippen LogP contribution in [0.25, 0.3) is 11.0 Å². The molecular weight excluding hydrogens is 383 g/mol. The number of amides is 1. The molecule has 3 aromatic rings. The van der Waals surface area contributed by atoms with Crippen molar-refractivity contribution in [3.05, 3.63) is 58.4 Å². The summed E-state index contributed by atoms with van der Waals surface area (Å²) in [4.78, 5) is 27.0. The van der Waals surface area contributed by atoms with Gasteiger partial charge in [0.1, 0.15) is 5.82 Å². The highest BCUT2D eigenvalue weighted by atomic mass is 32.2. The molecule has 146 valence electrons. The molecule has 3 rings (SSSR count). The first kappa shape index (κ1) is 19.8. The van der Waals surface area contributed by atoms with Crippen molar-refractivity contribution in [3.63, 3.8) is 0 Å². The SMILES string of the molecule is CC(C)Cn1c(SCC(=O)Nc2cc([N+](=O)[O-])ccc2F)nc2ccccc21. The topological polar surface area (TPSA) is 90.1 Å². The maximum absolute atomic E-state index is 13.8. The number of hydrogen-bond donors (Lipinski definition) is 1. The van der Waals surface area contributed by atoms with Gasteiger partial charge in [-0.15, -0.1) is 0 Å². The number of imidazole rings is 1. The van der Waals surface area contributed by atoms with Crippen LogP contribution in [0.4, 0.5) is 15.8 Å². The van der Waals surface area contributed by atoms with E-state index in [0.29, 0.717) is 11.1 Å². The van der Waals surface area contributed by atoms with Crippen molar-refractivity contribution in [1.82, 2.24) is 9.55 Å². The van der Waals surface area contributed by atoms with Crippen LogP contribution in [0, 0.1) is 21.8 Å². The van der Waals surface area contributed by atoms with E-state index in [-0.39, 0.29) is 17.1 Å². The predicted molar refractivity (Wildman–Crippen MR) is 107 cm³/mol. The molecule has 0 bridgehead atoms. The summed E-state index contributed by atoms with van der Waals surface area (Å²) in [6.07, 6.45) is 0. The van der Waals surface area contributed by atoms with Crippen LogP contribution in [-0.2, 0) is 11.3 Å². The van der Waals surface area contributed by atoms with E-state index >= 15 is 0 Å². The number of para-hydroxylation sites is 2. The summed E-state index contributed by atoms with van der Waals surface area (Å²) in [7, 11) is 0. The van der Waals surface area contributed by atoms with Gasteiger partial charge in [-0.2, -0.15) is 0 Å². The van der Waals surface area contributed by atoms with Gasteiger partial charge in [-0.3, -0.25) is 14.9 Å². The summed E-state index contributed by atoms with van der Waals surface area (Å²) in [5.41, 5.74) is 1.33. The van der Waals surface area contributed by atoms with Crippen molar-refractivity contribution < 1.29 is 14.1 Å². The Morgan fingerprint density at radius 3 is 2.79 bits per heavy atom. The number of nitro benzene ring substituents is 1. The highest BCUT2D eigenvalue weighted by Gasteiger charge is 2.16. The molecule has 0 spiro atoms. The van der Waals surface area contributed by atoms with E-state index in [0.717, 1.165) is 35.8 Å². The lowest BCUT2D eigenvalue weighted by Gasteiger charge is -2.11. The molecule has 0 atom stereocenters. The van der Waals surface area contributed by atoms with Gasteiger partial charge in [0, 0.05) is 18.7 Å². The monoisotopic (exact) mass is 402 g/mol. The predicted octanol–water partition coefficient (Wildman–Crippen LogP) is 4.47. The molecule has 1 heterocycles. The molecule has 1 amide bonds. The van der Waals surface area contributed by atoms with Gasteiger partial charge in [0.2, 0.25) is 5.91 Å². The van der Waals surface area contributed by atoms with E-state index in [2.05, 4.69) is 28.7 Å². The molecule has 0 fully saturated rings. The van der Waals surface area contributed by atoms with E-state index in [1.165, 1.54) is 11.8 Å². The molecule has 0 aliphatic rings. The second-order valence-electron chi connectivity index (χ2n) is 6.65. The number of hydrogen-bond acceptors (Lipinski definition) is 5. The van der Waals surface area contributed by atoms with Crippen LogP contribution in [0.1, 0.15) is 13.8 Å². The van der Waals surface area contributed by atoms with Crippen molar-refractivity contribution in [2.45, 2.75) is 25.5 Å². The fourth-order valence-corrected chi connectivity index (χ4v) is 3.57. The van der Waals surface area contributed by atoms with Crippen molar-refractivity contribution in [2.24, 2.45) is 5.92 Å². The second-order valence-corrected chi connectivity index (χ2v) is 7.59. The van der Waals surface area contributed by atoms with E-state index in [9.17, 15) is 19.3 Å². The van der Waals surface area contributed by atoms with Gasteiger partial charge in [-0.25, -0.2) is 9.37 Å². The van der Waals surface area contributed by atoms with Crippen LogP contribution in [0.15, 0.2) is 47.6 Å². The number of carbonyl (C=O) groups is 1. The lowest BCUT2D eigenvalue weighted by molar-refractivity contribution is -0.384. The summed E-state index contributed by atoms with van der Waals surface area (Å²) >= 11 is 1.24. The molecule has 0 aliphatic heterocycles. The standard InChI is InChI=1S/C19H19FN4O3S/c1-12(2)10-23-17-6-4-3-5-15(17)22-19(23)28-11-18(25)21-16-9-13(24(26)27)7-8-14(16)20/h3-9,12H,10-11H2,1-2H3,(H,21,25). The number of benzene rings is 2. The summed E-state index contributed by atoms with van der Waals surface area (Å²) in [6.45, 7) is 4.95. The number of fused-ring (bicyclic) bond motifs is 1. The quantitative estimate of drug-likeness (QED) is 0.358. The van der Waals surface area contributed by atoms with E-state index in [4.69, 9.17) is 0 Å². The summed E-state index contributed by atoms with van der Waals surface area (Å²) in [6, 6.07) is 10.7. The normalized spacial score (nSPS) is 11.1. The smallest absolute Gasteiger partial charge is 0.271 e. The largest absolute Gasteiger partial charge is 0.323 e. The average molecular weight is 402 g/mol. The Hall–Kier alpha value is -2.94. The third-order valence-electron chi connectivity index (χ3n) is 3.93. The lowest BCUT2D eigenvalue weighted by atomic mass is 10.2. The van der Waals surface area contributed by atoms with E-state index in [1.54, 1.807) is 0 Å². The number of carbonyl (C=O) groups excluding carboxylic acids is 1. The van der Waals surface area contributed by atoms with E-state index < -0.39 is 16.6 Å². The zero-order valence-electron chi connectivity index (χ0n) is 15.4. The Morgan fingerprint density at radius 1 is 1.32 bits per heavy atom. The van der Waals surface area contributed by atoms with Crippen molar-refractivity contribution in [1.29, 1.82) is 0 Å². The zero-order chi connectivity index (χ0) is 20.3. The van der Waals surface area contributed by atoms with Gasteiger partial charge in [-0.1, -0.05) is 37.7 Å². The molecule has 1 N–H and O–H groups in total. The van der Waals surface area contributed by atoms with Gasteiger partial charge in [0.25, 0.3) is 5.69 Å². The molecule has 0 saturated heterocycles. The van der Waals surface area contributed by atoms with Crippen LogP contribution in [-0.4, -0.2) is 26.1 Å². The van der Waals surface area contributed by atoms with Gasteiger partial charge >= 0.3 is 0 Å². The van der Waals surface area contributed by atoms with Crippen LogP contribution in [0.2, 0.25) is 0 Å². The molecule has 1 aromatic heterocycles. The molecule has 9 heteroatoms. The maximum Gasteiger partial charge on any atom is 0.271 e. The van der Waals surface area contributed by atoms with Crippen molar-refractivity contribution in [2.75, 3.05) is 11.1 Å². The number of thioether (sulfide) groups is 1. The van der Waals surface area contributed by atoms with Gasteiger partial charge in [-0.05, 0) is 24.1 Å². The first-order valence-electron chi connectivity index (χ1n) is 8.67. The Balaban J connectivity index is 1.75. The van der Waals surface area contributed by atoms with Crippen molar-refractivity contribution in [3.8, 4) is 0 Å². The Kier molecular flexibility index (Phi) is 5.93. The first-order valence-corrected chi connectivity index (χ1v) is 9.65. The highest BCUT2D eigenvalue weighted by molar-refractivity contribution is 7.99. The number of nitrogens with one attached hydrogen (secondary N) is 1. The molecule has 2 aromatic carbocycles. The van der Waals surface area contributed by atoms with Crippen LogP contribution in [0.5, 0.6) is 0 Å². The highest BCUT2D eigenvalue weighted by Crippen LogP contribution is 2.26. The molecular formula is C19H19FN4O3S. The van der Waals surface area contributed by atoms with Gasteiger partial charge < -0.3 is 9.88 Å². The number of nitrogens with zero attached hydrogens (tertiary/aromatic N) is 3. The Labute approximate surface area is 165 Å². The molecule has 7 nitrogen and oxygen atoms in total. The minimum Gasteiger partial charge on any atom is -0.323 e. The number of nitro groups is 1. The summed E-state index contributed by atoms with van der Waals surface area (Å²) in [5.74, 6) is -0.794. The minimum atomic E-state index is -0.726. The number of rotatable bonds is 7. The summed E-state index contributed by atoms with van der Waals surface area (Å²) in [5, 5.41) is 13.9. The summed E-state index contributed by atoms with van der Waals surface area (Å²) < 4.78 is 15.9. The van der Waals surface area contributed by atoms with Crippen LogP contribution < -0.4 is 5.32 Å². The van der Waals surface area contributed by atoms with Crippen LogP contribution >= 0.6 is 11.8 Å². The fourth-order valence-electron chi connectivity index (χ4n) is 2.74. The molecule has 0 saturated carbocycles. The number of aromatic nitrogens is 2. The third-order valence-corrected chi connectivity index (χ3v) is 4.91. The Bertz CT molecular complexity index is 1040. The van der Waals surface area contributed by atoms with E-state index in [1.807, 2.05) is 24.3 Å². The first-order chi connectivity index (χ1) is 13.3. The van der Waals surface area contributed by atoms with Crippen molar-refractivity contribution >= 4 is 40.1 Å². The number of non-ortho nitro benzene ring substituents is 1. The minimum absolute atomic E-state index is 0.00352. The molecule has 0 aliphatic carbocycles. The second kappa shape index (κ2) is 8.39.